The second-order valence-electron chi connectivity index (χ2n) is 8.03. The molecule has 2 aromatic rings. The molecule has 0 bridgehead atoms. The van der Waals surface area contributed by atoms with Crippen molar-refractivity contribution in [1.29, 1.82) is 0 Å². The highest BCUT2D eigenvalue weighted by molar-refractivity contribution is 5.81. The Balaban J connectivity index is 1.57. The summed E-state index contributed by atoms with van der Waals surface area (Å²) in [6.07, 6.45) is -2.89. The number of hydrogen-bond donors (Lipinski definition) is 1. The average Bonchev–Trinajstić information content (AvgIpc) is 2.81. The first kappa shape index (κ1) is 23.8. The molecule has 0 spiro atoms. The molecule has 32 heavy (non-hydrogen) atoms. The summed E-state index contributed by atoms with van der Waals surface area (Å²) in [4.78, 5) is 23.5. The van der Waals surface area contributed by atoms with Crippen LogP contribution in [0.15, 0.2) is 48.5 Å². The summed E-state index contributed by atoms with van der Waals surface area (Å²) in [5.74, 6) is -1.89. The fraction of sp³-hybridized carbons (Fsp3) is 0.417. The predicted molar refractivity (Wildman–Crippen MR) is 114 cm³/mol. The number of rotatable bonds is 6. The second kappa shape index (κ2) is 10.2. The molecule has 2 aromatic carbocycles. The zero-order chi connectivity index (χ0) is 23.3. The molecule has 1 aliphatic rings. The lowest BCUT2D eigenvalue weighted by Crippen LogP contribution is -2.45. The van der Waals surface area contributed by atoms with Gasteiger partial charge in [0.05, 0.1) is 13.2 Å². The van der Waals surface area contributed by atoms with Gasteiger partial charge in [0.2, 0.25) is 0 Å². The van der Waals surface area contributed by atoms with E-state index in [1.54, 1.807) is 0 Å². The van der Waals surface area contributed by atoms with Crippen LogP contribution in [0.5, 0.6) is 0 Å². The molecule has 5 nitrogen and oxygen atoms in total. The summed E-state index contributed by atoms with van der Waals surface area (Å²) in [7, 11) is 1.37. The lowest BCUT2D eigenvalue weighted by molar-refractivity contribution is -0.186. The zero-order valence-electron chi connectivity index (χ0n) is 17.9. The smallest absolute Gasteiger partial charge is 0.469 e. The van der Waals surface area contributed by atoms with Crippen LogP contribution >= 0.6 is 0 Å². The number of methoxy groups -OCH3 is 1. The minimum Gasteiger partial charge on any atom is -0.469 e. The number of alkyl halides is 3. The van der Waals surface area contributed by atoms with Crippen LogP contribution in [-0.4, -0.2) is 43.2 Å². The monoisotopic (exact) mass is 448 g/mol. The maximum Gasteiger partial charge on any atom is 0.471 e. The highest BCUT2D eigenvalue weighted by Gasteiger charge is 2.43. The molecule has 0 aliphatic carbocycles. The molecule has 0 aromatic heterocycles. The number of carbonyl (C=O) groups is 2. The van der Waals surface area contributed by atoms with Crippen LogP contribution in [0.25, 0.3) is 0 Å². The SMILES string of the molecule is COC(=O)CCc1ccc(C(N)c2ccc(C3CCN(C(=O)C(F)(F)F)CC3)cc2)cc1. The zero-order valence-corrected chi connectivity index (χ0v) is 17.9. The summed E-state index contributed by atoms with van der Waals surface area (Å²) >= 11 is 0. The van der Waals surface area contributed by atoms with Crippen molar-refractivity contribution in [1.82, 2.24) is 4.90 Å². The third-order valence-corrected chi connectivity index (χ3v) is 5.98. The van der Waals surface area contributed by atoms with Gasteiger partial charge in [0.25, 0.3) is 0 Å². The number of esters is 1. The van der Waals surface area contributed by atoms with Crippen LogP contribution in [0.3, 0.4) is 0 Å². The fourth-order valence-electron chi connectivity index (χ4n) is 4.00. The average molecular weight is 448 g/mol. The standard InChI is InChI=1S/C24H27F3N2O3/c1-32-21(30)11-4-16-2-5-19(6-3-16)22(28)20-9-7-17(8-10-20)18-12-14-29(15-13-18)23(31)24(25,26)27/h2-3,5-10,18,22H,4,11-15,28H2,1H3. The Bertz CT molecular complexity index is 919. The molecule has 3 rings (SSSR count). The number of piperidine rings is 1. The lowest BCUT2D eigenvalue weighted by Gasteiger charge is -2.32. The van der Waals surface area contributed by atoms with Gasteiger partial charge in [-0.15, -0.1) is 0 Å². The first-order chi connectivity index (χ1) is 15.2. The third kappa shape index (κ3) is 5.88. The van der Waals surface area contributed by atoms with E-state index < -0.39 is 12.1 Å². The molecular weight excluding hydrogens is 421 g/mol. The minimum atomic E-state index is -4.82. The Labute approximate surface area is 185 Å². The molecule has 1 atom stereocenters. The molecular formula is C24H27F3N2O3. The van der Waals surface area contributed by atoms with Gasteiger partial charge in [-0.3, -0.25) is 9.59 Å². The number of nitrogens with zero attached hydrogens (tertiary/aromatic N) is 1. The summed E-state index contributed by atoms with van der Waals surface area (Å²) in [5, 5.41) is 0. The van der Waals surface area contributed by atoms with Gasteiger partial charge in [0.1, 0.15) is 0 Å². The minimum absolute atomic E-state index is 0.104. The van der Waals surface area contributed by atoms with Gasteiger partial charge >= 0.3 is 18.1 Å². The van der Waals surface area contributed by atoms with Crippen molar-refractivity contribution < 1.29 is 27.5 Å². The van der Waals surface area contributed by atoms with E-state index in [-0.39, 0.29) is 31.0 Å². The Kier molecular flexibility index (Phi) is 7.56. The summed E-state index contributed by atoms with van der Waals surface area (Å²) in [5.41, 5.74) is 10.3. The molecule has 2 N–H and O–H groups in total. The fourth-order valence-corrected chi connectivity index (χ4v) is 4.00. The quantitative estimate of drug-likeness (QED) is 0.675. The highest BCUT2D eigenvalue weighted by atomic mass is 19.4. The van der Waals surface area contributed by atoms with E-state index in [0.717, 1.165) is 27.2 Å². The van der Waals surface area contributed by atoms with Crippen LogP contribution in [0.4, 0.5) is 13.2 Å². The van der Waals surface area contributed by atoms with Crippen molar-refractivity contribution in [2.45, 2.75) is 43.8 Å². The Morgan fingerprint density at radius 2 is 1.56 bits per heavy atom. The number of nitrogens with two attached hydrogens (primary N) is 1. The van der Waals surface area contributed by atoms with E-state index in [2.05, 4.69) is 4.74 Å². The number of aryl methyl sites for hydroxylation is 1. The van der Waals surface area contributed by atoms with Gasteiger partial charge in [-0.1, -0.05) is 48.5 Å². The summed E-state index contributed by atoms with van der Waals surface area (Å²) in [6, 6.07) is 15.3. The number of hydrogen-bond acceptors (Lipinski definition) is 4. The van der Waals surface area contributed by atoms with E-state index in [4.69, 9.17) is 5.73 Å². The Hall–Kier alpha value is -2.87. The highest BCUT2D eigenvalue weighted by Crippen LogP contribution is 2.31. The van der Waals surface area contributed by atoms with Gasteiger partial charge in [-0.2, -0.15) is 13.2 Å². The molecule has 172 valence electrons. The number of amides is 1. The van der Waals surface area contributed by atoms with E-state index in [0.29, 0.717) is 25.7 Å². The van der Waals surface area contributed by atoms with E-state index in [1.165, 1.54) is 7.11 Å². The number of ether oxygens (including phenoxy) is 1. The number of benzene rings is 2. The summed E-state index contributed by atoms with van der Waals surface area (Å²) < 4.78 is 42.5. The van der Waals surface area contributed by atoms with Crippen molar-refractivity contribution in [3.05, 3.63) is 70.8 Å². The van der Waals surface area contributed by atoms with Crippen molar-refractivity contribution in [2.75, 3.05) is 20.2 Å². The second-order valence-corrected chi connectivity index (χ2v) is 8.03. The van der Waals surface area contributed by atoms with Crippen molar-refractivity contribution in [2.24, 2.45) is 5.73 Å². The van der Waals surface area contributed by atoms with Crippen molar-refractivity contribution in [3.63, 3.8) is 0 Å². The van der Waals surface area contributed by atoms with Crippen LogP contribution in [-0.2, 0) is 20.7 Å². The molecule has 0 radical (unpaired) electrons. The van der Waals surface area contributed by atoms with Gasteiger partial charge in [-0.25, -0.2) is 0 Å². The topological polar surface area (TPSA) is 72.6 Å². The maximum atomic E-state index is 12.6. The van der Waals surface area contributed by atoms with E-state index in [1.807, 2.05) is 48.5 Å². The Morgan fingerprint density at radius 1 is 1.03 bits per heavy atom. The number of halogens is 3. The van der Waals surface area contributed by atoms with Crippen LogP contribution < -0.4 is 5.73 Å². The largest absolute Gasteiger partial charge is 0.471 e. The number of likely N-dealkylation sites (tertiary alicyclic amines) is 1. The molecule has 1 saturated heterocycles. The Morgan fingerprint density at radius 3 is 2.06 bits per heavy atom. The lowest BCUT2D eigenvalue weighted by atomic mass is 9.88. The van der Waals surface area contributed by atoms with Crippen LogP contribution in [0.2, 0.25) is 0 Å². The summed E-state index contributed by atoms with van der Waals surface area (Å²) in [6.45, 7) is 0.208. The predicted octanol–water partition coefficient (Wildman–Crippen LogP) is 4.11. The molecule has 1 heterocycles. The van der Waals surface area contributed by atoms with Crippen LogP contribution in [0.1, 0.15) is 53.5 Å². The molecule has 1 amide bonds. The molecule has 1 aliphatic heterocycles. The van der Waals surface area contributed by atoms with Crippen molar-refractivity contribution in [3.8, 4) is 0 Å². The number of carbonyl (C=O) groups excluding carboxylic acids is 2. The first-order valence-electron chi connectivity index (χ1n) is 10.6. The molecule has 1 unspecified atom stereocenters. The van der Waals surface area contributed by atoms with Crippen LogP contribution in [0, 0.1) is 0 Å². The molecule has 8 heteroatoms. The normalized spacial score (nSPS) is 16.0. The molecule has 1 fully saturated rings. The van der Waals surface area contributed by atoms with Gasteiger partial charge in [0, 0.05) is 19.5 Å². The maximum absolute atomic E-state index is 12.6. The molecule has 0 saturated carbocycles. The van der Waals surface area contributed by atoms with E-state index >= 15 is 0 Å². The van der Waals surface area contributed by atoms with Gasteiger partial charge in [-0.05, 0) is 47.4 Å². The first-order valence-corrected chi connectivity index (χ1v) is 10.6. The van der Waals surface area contributed by atoms with Gasteiger partial charge in [0.15, 0.2) is 0 Å². The van der Waals surface area contributed by atoms with Crippen molar-refractivity contribution >= 4 is 11.9 Å². The van der Waals surface area contributed by atoms with Gasteiger partial charge < -0.3 is 15.4 Å². The van der Waals surface area contributed by atoms with E-state index in [9.17, 15) is 22.8 Å². The third-order valence-electron chi connectivity index (χ3n) is 5.98.